The average molecular weight is 340 g/mol. The molecule has 0 atom stereocenters. The van der Waals surface area contributed by atoms with Gasteiger partial charge in [-0.3, -0.25) is 14.3 Å². The fraction of sp³-hybridized carbons (Fsp3) is 0.412. The van der Waals surface area contributed by atoms with Gasteiger partial charge in [0.2, 0.25) is 0 Å². The molecule has 24 heavy (non-hydrogen) atoms. The quantitative estimate of drug-likeness (QED) is 0.778. The molecule has 4 rings (SSSR count). The van der Waals surface area contributed by atoms with Gasteiger partial charge in [-0.15, -0.1) is 0 Å². The van der Waals surface area contributed by atoms with Crippen LogP contribution in [0.25, 0.3) is 11.3 Å². The van der Waals surface area contributed by atoms with Crippen LogP contribution in [0.2, 0.25) is 0 Å². The molecule has 0 aromatic carbocycles. The molecule has 2 aromatic heterocycles. The van der Waals surface area contributed by atoms with Crippen LogP contribution in [0.1, 0.15) is 24.6 Å². The standard InChI is InChI=1S/C17H16N4O2S/c1-17(9-23-10-17)13-4-3-11(8-19-13)14-12(7-18)15(22)21-5-2-6-24-16(21)20-14/h3-4,8H,2,5-6,9-10H2,1H3. The normalized spacial score (nSPS) is 18.3. The highest BCUT2D eigenvalue weighted by Crippen LogP contribution is 2.32. The van der Waals surface area contributed by atoms with Gasteiger partial charge >= 0.3 is 0 Å². The monoisotopic (exact) mass is 340 g/mol. The van der Waals surface area contributed by atoms with E-state index >= 15 is 0 Å². The Morgan fingerprint density at radius 3 is 2.88 bits per heavy atom. The topological polar surface area (TPSA) is 80.8 Å². The number of pyridine rings is 1. The summed E-state index contributed by atoms with van der Waals surface area (Å²) in [6, 6.07) is 5.85. The third-order valence-electron chi connectivity index (χ3n) is 4.50. The van der Waals surface area contributed by atoms with E-state index in [2.05, 4.69) is 16.9 Å². The highest BCUT2D eigenvalue weighted by Gasteiger charge is 2.36. The summed E-state index contributed by atoms with van der Waals surface area (Å²) in [7, 11) is 0. The molecule has 0 spiro atoms. The Hall–Kier alpha value is -2.17. The minimum atomic E-state index is -0.256. The van der Waals surface area contributed by atoms with Crippen LogP contribution in [0.5, 0.6) is 0 Å². The zero-order valence-corrected chi connectivity index (χ0v) is 14.1. The van der Waals surface area contributed by atoms with Gasteiger partial charge in [-0.25, -0.2) is 4.98 Å². The Bertz CT molecular complexity index is 895. The van der Waals surface area contributed by atoms with Crippen molar-refractivity contribution in [3.8, 4) is 17.3 Å². The molecule has 6 nitrogen and oxygen atoms in total. The summed E-state index contributed by atoms with van der Waals surface area (Å²) >= 11 is 1.56. The minimum Gasteiger partial charge on any atom is -0.379 e. The van der Waals surface area contributed by atoms with E-state index in [1.165, 1.54) is 0 Å². The number of hydrogen-bond acceptors (Lipinski definition) is 6. The molecule has 2 aliphatic rings. The third-order valence-corrected chi connectivity index (χ3v) is 5.56. The third kappa shape index (κ3) is 2.34. The number of ether oxygens (including phenoxy) is 1. The fourth-order valence-electron chi connectivity index (χ4n) is 2.99. The van der Waals surface area contributed by atoms with Crippen LogP contribution in [-0.2, 0) is 16.7 Å². The molecule has 0 N–H and O–H groups in total. The summed E-state index contributed by atoms with van der Waals surface area (Å²) in [5, 5.41) is 10.1. The van der Waals surface area contributed by atoms with E-state index in [4.69, 9.17) is 4.74 Å². The Kier molecular flexibility index (Phi) is 3.66. The summed E-state index contributed by atoms with van der Waals surface area (Å²) in [5.74, 6) is 0.938. The number of nitriles is 1. The van der Waals surface area contributed by atoms with Gasteiger partial charge in [0.25, 0.3) is 5.56 Å². The first-order chi connectivity index (χ1) is 11.6. The molecule has 0 bridgehead atoms. The van der Waals surface area contributed by atoms with Crippen molar-refractivity contribution in [1.82, 2.24) is 14.5 Å². The van der Waals surface area contributed by atoms with Crippen molar-refractivity contribution >= 4 is 11.8 Å². The number of nitrogens with zero attached hydrogens (tertiary/aromatic N) is 4. The van der Waals surface area contributed by atoms with Crippen molar-refractivity contribution in [3.63, 3.8) is 0 Å². The zero-order valence-electron chi connectivity index (χ0n) is 13.3. The molecule has 2 aliphatic heterocycles. The largest absolute Gasteiger partial charge is 0.379 e. The Labute approximate surface area is 143 Å². The Balaban J connectivity index is 1.80. The first-order valence-electron chi connectivity index (χ1n) is 7.85. The lowest BCUT2D eigenvalue weighted by molar-refractivity contribution is -0.0520. The lowest BCUT2D eigenvalue weighted by atomic mass is 9.84. The number of rotatable bonds is 2. The van der Waals surface area contributed by atoms with Gasteiger partial charge in [0.15, 0.2) is 5.16 Å². The molecule has 0 radical (unpaired) electrons. The maximum atomic E-state index is 12.6. The maximum Gasteiger partial charge on any atom is 0.272 e. The smallest absolute Gasteiger partial charge is 0.272 e. The van der Waals surface area contributed by atoms with E-state index in [1.54, 1.807) is 22.5 Å². The van der Waals surface area contributed by atoms with Crippen molar-refractivity contribution in [3.05, 3.63) is 39.9 Å². The second-order valence-corrected chi connectivity index (χ2v) is 7.44. The van der Waals surface area contributed by atoms with Gasteiger partial charge in [0.05, 0.1) is 30.0 Å². The van der Waals surface area contributed by atoms with Gasteiger partial charge in [0.1, 0.15) is 11.6 Å². The SMILES string of the molecule is CC1(c2ccc(-c3nc4n(c(=O)c3C#N)CCCS4)cn2)COC1. The van der Waals surface area contributed by atoms with E-state index in [9.17, 15) is 10.1 Å². The first-order valence-corrected chi connectivity index (χ1v) is 8.83. The van der Waals surface area contributed by atoms with Gasteiger partial charge in [-0.05, 0) is 25.5 Å². The fourth-order valence-corrected chi connectivity index (χ4v) is 3.93. The number of fused-ring (bicyclic) bond motifs is 1. The molecular weight excluding hydrogens is 324 g/mol. The molecule has 7 heteroatoms. The van der Waals surface area contributed by atoms with E-state index in [0.717, 1.165) is 17.9 Å². The second-order valence-electron chi connectivity index (χ2n) is 6.37. The van der Waals surface area contributed by atoms with Gasteiger partial charge < -0.3 is 4.74 Å². The van der Waals surface area contributed by atoms with Crippen molar-refractivity contribution in [1.29, 1.82) is 5.26 Å². The summed E-state index contributed by atoms with van der Waals surface area (Å²) in [4.78, 5) is 21.7. The first kappa shape index (κ1) is 15.4. The van der Waals surface area contributed by atoms with Crippen LogP contribution in [-0.4, -0.2) is 33.5 Å². The summed E-state index contributed by atoms with van der Waals surface area (Å²) in [5.41, 5.74) is 1.88. The lowest BCUT2D eigenvalue weighted by Gasteiger charge is -2.37. The maximum absolute atomic E-state index is 12.6. The molecule has 1 saturated heterocycles. The molecule has 0 aliphatic carbocycles. The molecule has 2 aromatic rings. The lowest BCUT2D eigenvalue weighted by Crippen LogP contribution is -2.44. The molecule has 1 fully saturated rings. The van der Waals surface area contributed by atoms with Gasteiger partial charge in [-0.1, -0.05) is 11.8 Å². The minimum absolute atomic E-state index is 0.0464. The zero-order chi connectivity index (χ0) is 16.7. The van der Waals surface area contributed by atoms with Crippen LogP contribution < -0.4 is 5.56 Å². The van der Waals surface area contributed by atoms with E-state index in [0.29, 0.717) is 36.2 Å². The predicted octanol–water partition coefficient (Wildman–Crippen LogP) is 1.96. The number of thioether (sulfide) groups is 1. The van der Waals surface area contributed by atoms with Gasteiger partial charge in [-0.2, -0.15) is 5.26 Å². The van der Waals surface area contributed by atoms with Gasteiger partial charge in [0, 0.05) is 24.1 Å². The molecular formula is C17H16N4O2S. The second kappa shape index (κ2) is 5.72. The van der Waals surface area contributed by atoms with Crippen LogP contribution in [0.4, 0.5) is 0 Å². The van der Waals surface area contributed by atoms with Crippen LogP contribution in [0.3, 0.4) is 0 Å². The highest BCUT2D eigenvalue weighted by molar-refractivity contribution is 7.99. The van der Waals surface area contributed by atoms with Crippen molar-refractivity contribution < 1.29 is 4.74 Å². The average Bonchev–Trinajstić information content (AvgIpc) is 2.60. The summed E-state index contributed by atoms with van der Waals surface area (Å²) in [6.07, 6.45) is 2.62. The van der Waals surface area contributed by atoms with E-state index < -0.39 is 0 Å². The molecule has 4 heterocycles. The Morgan fingerprint density at radius 2 is 2.25 bits per heavy atom. The highest BCUT2D eigenvalue weighted by atomic mass is 32.2. The predicted molar refractivity (Wildman–Crippen MR) is 90.0 cm³/mol. The van der Waals surface area contributed by atoms with E-state index in [-0.39, 0.29) is 16.5 Å². The summed E-state index contributed by atoms with van der Waals surface area (Å²) in [6.45, 7) is 4.06. The number of aromatic nitrogens is 3. The molecule has 122 valence electrons. The summed E-state index contributed by atoms with van der Waals surface area (Å²) < 4.78 is 6.88. The van der Waals surface area contributed by atoms with Crippen LogP contribution in [0, 0.1) is 11.3 Å². The van der Waals surface area contributed by atoms with Crippen molar-refractivity contribution in [2.45, 2.75) is 30.5 Å². The number of hydrogen-bond donors (Lipinski definition) is 0. The molecule has 0 amide bonds. The van der Waals surface area contributed by atoms with Crippen molar-refractivity contribution in [2.24, 2.45) is 0 Å². The van der Waals surface area contributed by atoms with Crippen LogP contribution in [0.15, 0.2) is 28.3 Å². The molecule has 0 saturated carbocycles. The molecule has 0 unspecified atom stereocenters. The van der Waals surface area contributed by atoms with Crippen molar-refractivity contribution in [2.75, 3.05) is 19.0 Å². The Morgan fingerprint density at radius 1 is 1.42 bits per heavy atom. The van der Waals surface area contributed by atoms with E-state index in [1.807, 2.05) is 18.2 Å². The van der Waals surface area contributed by atoms with Crippen LogP contribution >= 0.6 is 11.8 Å².